The zero-order valence-electron chi connectivity index (χ0n) is 21.4. The zero-order valence-corrected chi connectivity index (χ0v) is 21.4. The molecular weight excluding hydrogens is 452 g/mol. The number of rotatable bonds is 11. The van der Waals surface area contributed by atoms with Crippen LogP contribution in [0, 0.1) is 5.92 Å². The van der Waals surface area contributed by atoms with Gasteiger partial charge in [-0.3, -0.25) is 19.7 Å². The molecule has 1 heterocycles. The van der Waals surface area contributed by atoms with Crippen molar-refractivity contribution in [1.82, 2.24) is 10.2 Å². The van der Waals surface area contributed by atoms with E-state index < -0.39 is 18.1 Å². The van der Waals surface area contributed by atoms with Gasteiger partial charge in [0.25, 0.3) is 0 Å². The molecule has 192 valence electrons. The molecule has 1 aliphatic carbocycles. The maximum atomic E-state index is 13.8. The van der Waals surface area contributed by atoms with Gasteiger partial charge in [-0.25, -0.2) is 0 Å². The highest BCUT2D eigenvalue weighted by molar-refractivity contribution is 5.93. The fraction of sp³-hybridized carbons (Fsp3) is 0.500. The highest BCUT2D eigenvalue weighted by Crippen LogP contribution is 2.42. The van der Waals surface area contributed by atoms with Crippen LogP contribution in [0.25, 0.3) is 0 Å². The van der Waals surface area contributed by atoms with Crippen LogP contribution < -0.4 is 5.32 Å². The Morgan fingerprint density at radius 3 is 2.33 bits per heavy atom. The van der Waals surface area contributed by atoms with Crippen LogP contribution in [0.15, 0.2) is 60.7 Å². The molecule has 5 atom stereocenters. The van der Waals surface area contributed by atoms with E-state index in [1.807, 2.05) is 65.6 Å². The molecule has 1 amide bonds. The molecule has 0 aromatic heterocycles. The van der Waals surface area contributed by atoms with Gasteiger partial charge in [-0.2, -0.15) is 0 Å². The first kappa shape index (κ1) is 26.1. The predicted molar refractivity (Wildman–Crippen MR) is 139 cm³/mol. The predicted octanol–water partition coefficient (Wildman–Crippen LogP) is 4.11. The quantitative estimate of drug-likeness (QED) is 0.480. The number of ether oxygens (including phenoxy) is 1. The van der Waals surface area contributed by atoms with Gasteiger partial charge < -0.3 is 9.64 Å². The Morgan fingerprint density at radius 2 is 1.67 bits per heavy atom. The second-order valence-corrected chi connectivity index (χ2v) is 10.1. The molecule has 1 saturated heterocycles. The Bertz CT molecular complexity index is 1030. The number of carbonyl (C=O) groups excluding carboxylic acids is 3. The van der Waals surface area contributed by atoms with Crippen molar-refractivity contribution < 1.29 is 19.1 Å². The Morgan fingerprint density at radius 1 is 1.00 bits per heavy atom. The van der Waals surface area contributed by atoms with Crippen molar-refractivity contribution in [3.8, 4) is 0 Å². The van der Waals surface area contributed by atoms with E-state index in [-0.39, 0.29) is 30.3 Å². The summed E-state index contributed by atoms with van der Waals surface area (Å²) in [5, 5.41) is 3.26. The van der Waals surface area contributed by atoms with Crippen molar-refractivity contribution in [2.24, 2.45) is 5.92 Å². The van der Waals surface area contributed by atoms with E-state index in [4.69, 9.17) is 4.74 Å². The summed E-state index contributed by atoms with van der Waals surface area (Å²) < 4.78 is 5.31. The number of nitrogens with one attached hydrogen (secondary N) is 1. The van der Waals surface area contributed by atoms with Crippen molar-refractivity contribution in [3.05, 3.63) is 71.8 Å². The average molecular weight is 491 g/mol. The first-order valence-electron chi connectivity index (χ1n) is 13.3. The van der Waals surface area contributed by atoms with Crippen LogP contribution in [0.5, 0.6) is 0 Å². The van der Waals surface area contributed by atoms with Gasteiger partial charge in [-0.15, -0.1) is 0 Å². The van der Waals surface area contributed by atoms with Gasteiger partial charge >= 0.3 is 5.97 Å². The Balaban J connectivity index is 1.46. The number of nitrogens with zero attached hydrogens (tertiary/aromatic N) is 1. The maximum absolute atomic E-state index is 13.8. The lowest BCUT2D eigenvalue weighted by molar-refractivity contribution is -0.147. The third kappa shape index (κ3) is 6.22. The molecule has 0 unspecified atom stereocenters. The van der Waals surface area contributed by atoms with E-state index in [2.05, 4.69) is 5.32 Å². The van der Waals surface area contributed by atoms with Gasteiger partial charge in [0.1, 0.15) is 6.04 Å². The van der Waals surface area contributed by atoms with Crippen LogP contribution in [0.2, 0.25) is 0 Å². The van der Waals surface area contributed by atoms with Crippen LogP contribution in [0.4, 0.5) is 0 Å². The van der Waals surface area contributed by atoms with Gasteiger partial charge in [-0.1, -0.05) is 67.1 Å². The minimum Gasteiger partial charge on any atom is -0.465 e. The number of ketones is 1. The SMILES string of the molecule is CCOC(=O)[C@H](CCc1ccccc1)N[C@@H](C)C(=O)N1[C@H](C(=O)Cc2ccccc2)C[C@@H]2CCC[C@@H]21. The monoisotopic (exact) mass is 490 g/mol. The number of hydrogen-bond donors (Lipinski definition) is 1. The summed E-state index contributed by atoms with van der Waals surface area (Å²) in [5.41, 5.74) is 2.11. The van der Waals surface area contributed by atoms with Crippen LogP contribution >= 0.6 is 0 Å². The number of hydrogen-bond acceptors (Lipinski definition) is 5. The van der Waals surface area contributed by atoms with Gasteiger partial charge in [0.05, 0.1) is 18.7 Å². The van der Waals surface area contributed by atoms with Crippen molar-refractivity contribution in [1.29, 1.82) is 0 Å². The largest absolute Gasteiger partial charge is 0.465 e. The molecule has 1 saturated carbocycles. The first-order valence-corrected chi connectivity index (χ1v) is 13.3. The molecule has 2 aromatic carbocycles. The second-order valence-electron chi connectivity index (χ2n) is 10.1. The molecule has 2 fully saturated rings. The molecule has 1 N–H and O–H groups in total. The van der Waals surface area contributed by atoms with E-state index >= 15 is 0 Å². The van der Waals surface area contributed by atoms with Gasteiger partial charge in [0.15, 0.2) is 5.78 Å². The van der Waals surface area contributed by atoms with Gasteiger partial charge in [-0.05, 0) is 63.0 Å². The van der Waals surface area contributed by atoms with Crippen LogP contribution in [-0.2, 0) is 32.0 Å². The smallest absolute Gasteiger partial charge is 0.323 e. The number of benzene rings is 2. The normalized spacial score (nSPS) is 22.6. The second kappa shape index (κ2) is 12.3. The summed E-state index contributed by atoms with van der Waals surface area (Å²) in [5.74, 6) is 0.0433. The third-order valence-corrected chi connectivity index (χ3v) is 7.64. The van der Waals surface area contributed by atoms with Crippen LogP contribution in [-0.4, -0.2) is 53.3 Å². The van der Waals surface area contributed by atoms with Crippen molar-refractivity contribution in [3.63, 3.8) is 0 Å². The third-order valence-electron chi connectivity index (χ3n) is 7.64. The molecule has 0 spiro atoms. The molecule has 2 aliphatic rings. The van der Waals surface area contributed by atoms with E-state index in [1.165, 1.54) is 0 Å². The Kier molecular flexibility index (Phi) is 8.92. The highest BCUT2D eigenvalue weighted by atomic mass is 16.5. The molecular formula is C30H38N2O4. The lowest BCUT2D eigenvalue weighted by Crippen LogP contribution is -2.55. The van der Waals surface area contributed by atoms with E-state index in [0.717, 1.165) is 36.8 Å². The van der Waals surface area contributed by atoms with Crippen molar-refractivity contribution in [2.75, 3.05) is 6.61 Å². The minimum absolute atomic E-state index is 0.0928. The first-order chi connectivity index (χ1) is 17.5. The molecule has 0 radical (unpaired) electrons. The molecule has 6 heteroatoms. The summed E-state index contributed by atoms with van der Waals surface area (Å²) in [6.45, 7) is 3.88. The van der Waals surface area contributed by atoms with Crippen LogP contribution in [0.1, 0.15) is 57.1 Å². The molecule has 0 bridgehead atoms. The molecule has 2 aromatic rings. The number of likely N-dealkylation sites (tertiary alicyclic amines) is 1. The number of Topliss-reactive ketones (excluding diaryl/α,β-unsaturated/α-hetero) is 1. The Labute approximate surface area is 214 Å². The number of fused-ring (bicyclic) bond motifs is 1. The van der Waals surface area contributed by atoms with E-state index in [9.17, 15) is 14.4 Å². The fourth-order valence-corrected chi connectivity index (χ4v) is 5.87. The number of carbonyl (C=O) groups is 3. The highest BCUT2D eigenvalue weighted by Gasteiger charge is 2.49. The number of esters is 1. The summed E-state index contributed by atoms with van der Waals surface area (Å²) in [6, 6.07) is 18.2. The lowest BCUT2D eigenvalue weighted by atomic mass is 9.97. The molecule has 36 heavy (non-hydrogen) atoms. The summed E-state index contributed by atoms with van der Waals surface area (Å²) in [4.78, 5) is 41.8. The van der Waals surface area contributed by atoms with E-state index in [1.54, 1.807) is 13.8 Å². The fourth-order valence-electron chi connectivity index (χ4n) is 5.87. The molecule has 1 aliphatic heterocycles. The summed E-state index contributed by atoms with van der Waals surface area (Å²) in [7, 11) is 0. The minimum atomic E-state index is -0.596. The Hall–Kier alpha value is -2.99. The maximum Gasteiger partial charge on any atom is 0.323 e. The lowest BCUT2D eigenvalue weighted by Gasteiger charge is -2.33. The summed E-state index contributed by atoms with van der Waals surface area (Å²) >= 11 is 0. The van der Waals surface area contributed by atoms with Crippen molar-refractivity contribution in [2.45, 2.75) is 83.0 Å². The van der Waals surface area contributed by atoms with Gasteiger partial charge in [0, 0.05) is 12.5 Å². The topological polar surface area (TPSA) is 75.7 Å². The van der Waals surface area contributed by atoms with Crippen molar-refractivity contribution >= 4 is 17.7 Å². The molecule has 4 rings (SSSR count). The average Bonchev–Trinajstić information content (AvgIpc) is 3.49. The van der Waals surface area contributed by atoms with Crippen LogP contribution in [0.3, 0.4) is 0 Å². The number of amides is 1. The number of aryl methyl sites for hydroxylation is 1. The molecule has 6 nitrogen and oxygen atoms in total. The standard InChI is InChI=1S/C30H38N2O4/c1-3-36-30(35)25(18-17-22-11-6-4-7-12-22)31-21(2)29(34)32-26-16-10-15-24(26)20-27(32)28(33)19-23-13-8-5-9-14-23/h4-9,11-14,21,24-27,31H,3,10,15-20H2,1-2H3/t21-,24-,25-,26-,27-/m0/s1. The van der Waals surface area contributed by atoms with Gasteiger partial charge in [0.2, 0.25) is 5.91 Å². The zero-order chi connectivity index (χ0) is 25.5. The summed E-state index contributed by atoms with van der Waals surface area (Å²) in [6.07, 6.45) is 5.39. The van der Waals surface area contributed by atoms with E-state index in [0.29, 0.717) is 25.2 Å².